The molecule has 0 amide bonds. The molecule has 1 aromatic heterocycles. The van der Waals surface area contributed by atoms with E-state index in [0.29, 0.717) is 5.57 Å². The molecule has 0 spiro atoms. The molecule has 0 aromatic carbocycles. The Morgan fingerprint density at radius 1 is 1.54 bits per heavy atom. The van der Waals surface area contributed by atoms with E-state index in [1.165, 1.54) is 19.6 Å². The van der Waals surface area contributed by atoms with Crippen LogP contribution in [0.5, 0.6) is 6.01 Å². The Kier molecular flexibility index (Phi) is 2.91. The van der Waals surface area contributed by atoms with Crippen molar-refractivity contribution in [1.82, 2.24) is 15.0 Å². The summed E-state index contributed by atoms with van der Waals surface area (Å²) in [6.45, 7) is 1.53. The van der Waals surface area contributed by atoms with E-state index in [2.05, 4.69) is 15.0 Å². The van der Waals surface area contributed by atoms with Crippen LogP contribution in [0.4, 0.5) is 0 Å². The minimum atomic E-state index is -0.575. The van der Waals surface area contributed by atoms with Crippen LogP contribution < -0.4 is 10.5 Å². The molecule has 13 heavy (non-hydrogen) atoms. The van der Waals surface area contributed by atoms with Crippen molar-refractivity contribution in [2.75, 3.05) is 0 Å². The molecule has 6 nitrogen and oxygen atoms in total. The Hall–Kier alpha value is -1.98. The smallest absolute Gasteiger partial charge is 0.343 e. The predicted octanol–water partition coefficient (Wildman–Crippen LogP) is -0.361. The zero-order valence-corrected chi connectivity index (χ0v) is 6.97. The van der Waals surface area contributed by atoms with Crippen LogP contribution in [0.2, 0.25) is 0 Å². The number of esters is 1. The molecule has 0 bridgehead atoms. The number of hydrogen-bond donors (Lipinski definition) is 1. The zero-order valence-electron chi connectivity index (χ0n) is 6.97. The van der Waals surface area contributed by atoms with Crippen molar-refractivity contribution < 1.29 is 9.53 Å². The third kappa shape index (κ3) is 2.51. The Balaban J connectivity index is 2.66. The lowest BCUT2D eigenvalue weighted by molar-refractivity contribution is -0.130. The van der Waals surface area contributed by atoms with Gasteiger partial charge >= 0.3 is 12.0 Å². The van der Waals surface area contributed by atoms with Gasteiger partial charge in [-0.15, -0.1) is 0 Å². The molecule has 0 saturated heterocycles. The SMILES string of the molecule is CC(=CN)C(=O)Oc1ncncn1. The van der Waals surface area contributed by atoms with Gasteiger partial charge in [0.15, 0.2) is 0 Å². The molecule has 0 radical (unpaired) electrons. The highest BCUT2D eigenvalue weighted by Gasteiger charge is 2.07. The molecule has 0 aliphatic rings. The molecule has 0 fully saturated rings. The van der Waals surface area contributed by atoms with Crippen LogP contribution in [0.3, 0.4) is 0 Å². The molecule has 1 rings (SSSR count). The summed E-state index contributed by atoms with van der Waals surface area (Å²) >= 11 is 0. The zero-order chi connectivity index (χ0) is 9.68. The molecule has 0 unspecified atom stereocenters. The van der Waals surface area contributed by atoms with Gasteiger partial charge in [-0.25, -0.2) is 9.78 Å². The summed E-state index contributed by atoms with van der Waals surface area (Å²) < 4.78 is 4.72. The van der Waals surface area contributed by atoms with Crippen molar-refractivity contribution >= 4 is 5.97 Å². The molecule has 6 heteroatoms. The van der Waals surface area contributed by atoms with Gasteiger partial charge in [0.2, 0.25) is 0 Å². The minimum absolute atomic E-state index is 0.0406. The molecule has 1 aromatic rings. The van der Waals surface area contributed by atoms with E-state index in [1.54, 1.807) is 0 Å². The fourth-order valence-corrected chi connectivity index (χ4v) is 0.513. The summed E-state index contributed by atoms with van der Waals surface area (Å²) in [4.78, 5) is 21.8. The first-order valence-corrected chi connectivity index (χ1v) is 3.46. The van der Waals surface area contributed by atoms with Gasteiger partial charge in [0, 0.05) is 6.20 Å². The molecule has 0 saturated carbocycles. The van der Waals surface area contributed by atoms with E-state index in [0.717, 1.165) is 6.20 Å². The van der Waals surface area contributed by atoms with Crippen molar-refractivity contribution in [2.45, 2.75) is 6.92 Å². The predicted molar refractivity (Wildman–Crippen MR) is 43.4 cm³/mol. The van der Waals surface area contributed by atoms with E-state index >= 15 is 0 Å². The number of carbonyl (C=O) groups excluding carboxylic acids is 1. The molecule has 1 heterocycles. The largest absolute Gasteiger partial charge is 0.404 e. The molecule has 68 valence electrons. The van der Waals surface area contributed by atoms with Crippen LogP contribution in [0, 0.1) is 0 Å². The molecule has 0 aliphatic carbocycles. The van der Waals surface area contributed by atoms with Gasteiger partial charge in [0.25, 0.3) is 0 Å². The van der Waals surface area contributed by atoms with E-state index in [4.69, 9.17) is 10.5 Å². The third-order valence-corrected chi connectivity index (χ3v) is 1.23. The van der Waals surface area contributed by atoms with Gasteiger partial charge in [-0.2, -0.15) is 9.97 Å². The van der Waals surface area contributed by atoms with E-state index < -0.39 is 5.97 Å². The molecular weight excluding hydrogens is 172 g/mol. The van der Waals surface area contributed by atoms with Gasteiger partial charge in [0.05, 0.1) is 5.57 Å². The normalized spacial score (nSPS) is 11.0. The number of ether oxygens (including phenoxy) is 1. The fraction of sp³-hybridized carbons (Fsp3) is 0.143. The van der Waals surface area contributed by atoms with Gasteiger partial charge in [-0.05, 0) is 6.92 Å². The molecule has 2 N–H and O–H groups in total. The summed E-state index contributed by atoms with van der Waals surface area (Å²) in [5.74, 6) is -0.575. The first-order valence-electron chi connectivity index (χ1n) is 3.46. The Morgan fingerprint density at radius 3 is 2.69 bits per heavy atom. The molecule has 0 aliphatic heterocycles. The quantitative estimate of drug-likeness (QED) is 0.493. The maximum Gasteiger partial charge on any atom is 0.343 e. The highest BCUT2D eigenvalue weighted by molar-refractivity contribution is 5.88. The Morgan fingerprint density at radius 2 is 2.15 bits per heavy atom. The second-order valence-electron chi connectivity index (χ2n) is 2.16. The first-order chi connectivity index (χ1) is 6.24. The van der Waals surface area contributed by atoms with Crippen molar-refractivity contribution in [2.24, 2.45) is 5.73 Å². The van der Waals surface area contributed by atoms with Crippen LogP contribution in [0.25, 0.3) is 0 Å². The average Bonchev–Trinajstić information content (AvgIpc) is 2.18. The number of carbonyl (C=O) groups is 1. The number of rotatable bonds is 2. The second-order valence-corrected chi connectivity index (χ2v) is 2.16. The summed E-state index contributed by atoms with van der Waals surface area (Å²) in [7, 11) is 0. The summed E-state index contributed by atoms with van der Waals surface area (Å²) in [5.41, 5.74) is 5.40. The van der Waals surface area contributed by atoms with Crippen molar-refractivity contribution in [3.63, 3.8) is 0 Å². The van der Waals surface area contributed by atoms with Crippen LogP contribution in [-0.4, -0.2) is 20.9 Å². The Bertz CT molecular complexity index is 323. The maximum absolute atomic E-state index is 11.1. The lowest BCUT2D eigenvalue weighted by Gasteiger charge is -1.99. The van der Waals surface area contributed by atoms with Crippen molar-refractivity contribution in [3.05, 3.63) is 24.4 Å². The van der Waals surface area contributed by atoms with Gasteiger partial charge < -0.3 is 10.5 Å². The van der Waals surface area contributed by atoms with E-state index in [9.17, 15) is 4.79 Å². The lowest BCUT2D eigenvalue weighted by Crippen LogP contribution is -2.12. The van der Waals surface area contributed by atoms with Gasteiger partial charge in [-0.3, -0.25) is 0 Å². The van der Waals surface area contributed by atoms with Crippen LogP contribution in [0.15, 0.2) is 24.4 Å². The second kappa shape index (κ2) is 4.15. The highest BCUT2D eigenvalue weighted by Crippen LogP contribution is 2.00. The molecule has 0 atom stereocenters. The summed E-state index contributed by atoms with van der Waals surface area (Å²) in [6, 6.07) is -0.0406. The van der Waals surface area contributed by atoms with Crippen LogP contribution >= 0.6 is 0 Å². The maximum atomic E-state index is 11.1. The average molecular weight is 180 g/mol. The summed E-state index contributed by atoms with van der Waals surface area (Å²) in [6.07, 6.45) is 3.62. The number of nitrogens with zero attached hydrogens (tertiary/aromatic N) is 3. The third-order valence-electron chi connectivity index (χ3n) is 1.23. The van der Waals surface area contributed by atoms with Gasteiger partial charge in [-0.1, -0.05) is 0 Å². The number of hydrogen-bond acceptors (Lipinski definition) is 6. The molecular formula is C7H8N4O2. The van der Waals surface area contributed by atoms with E-state index in [-0.39, 0.29) is 6.01 Å². The minimum Gasteiger partial charge on any atom is -0.404 e. The number of nitrogens with two attached hydrogens (primary N) is 1. The first kappa shape index (κ1) is 9.11. The number of aromatic nitrogens is 3. The van der Waals surface area contributed by atoms with Crippen molar-refractivity contribution in [3.8, 4) is 6.01 Å². The van der Waals surface area contributed by atoms with Crippen LogP contribution in [0.1, 0.15) is 6.92 Å². The van der Waals surface area contributed by atoms with Gasteiger partial charge in [0.1, 0.15) is 12.7 Å². The topological polar surface area (TPSA) is 91.0 Å². The standard InChI is InChI=1S/C7H8N4O2/c1-5(2-8)6(12)13-7-10-3-9-4-11-7/h2-4H,8H2,1H3. The monoisotopic (exact) mass is 180 g/mol. The summed E-state index contributed by atoms with van der Waals surface area (Å²) in [5, 5.41) is 0. The van der Waals surface area contributed by atoms with Crippen molar-refractivity contribution in [1.29, 1.82) is 0 Å². The Labute approximate surface area is 74.5 Å². The highest BCUT2D eigenvalue weighted by atomic mass is 16.5. The van der Waals surface area contributed by atoms with Crippen LogP contribution in [-0.2, 0) is 4.79 Å². The van der Waals surface area contributed by atoms with E-state index in [1.807, 2.05) is 0 Å². The fourth-order valence-electron chi connectivity index (χ4n) is 0.513. The lowest BCUT2D eigenvalue weighted by atomic mass is 10.3.